The van der Waals surface area contributed by atoms with Gasteiger partial charge in [-0.05, 0) is 18.6 Å². The van der Waals surface area contributed by atoms with Crippen molar-refractivity contribution in [3.8, 4) is 5.88 Å². The second-order valence-electron chi connectivity index (χ2n) is 4.08. The van der Waals surface area contributed by atoms with E-state index in [4.69, 9.17) is 10.5 Å². The molecule has 1 heterocycles. The Labute approximate surface area is 109 Å². The minimum atomic E-state index is -0.954. The lowest BCUT2D eigenvalue weighted by Crippen LogP contribution is -2.16. The fourth-order valence-corrected chi connectivity index (χ4v) is 1.67. The zero-order valence-corrected chi connectivity index (χ0v) is 10.5. The van der Waals surface area contributed by atoms with Crippen LogP contribution in [0.15, 0.2) is 24.3 Å². The molecule has 1 unspecified atom stereocenters. The molecule has 0 spiro atoms. The van der Waals surface area contributed by atoms with Crippen LogP contribution in [0.3, 0.4) is 0 Å². The molecule has 6 heteroatoms. The molecule has 0 bridgehead atoms. The Morgan fingerprint density at radius 1 is 1.11 bits per heavy atom. The van der Waals surface area contributed by atoms with Crippen LogP contribution >= 0.6 is 0 Å². The van der Waals surface area contributed by atoms with Gasteiger partial charge in [-0.3, -0.25) is 0 Å². The molecule has 0 radical (unpaired) electrons. The SMILES string of the molecule is COc1ccc(C(N)c2ccc(C)c(F)c2F)nn1. The Bertz CT molecular complexity index is 587. The monoisotopic (exact) mass is 265 g/mol. The number of aromatic nitrogens is 2. The van der Waals surface area contributed by atoms with Gasteiger partial charge in [-0.1, -0.05) is 12.1 Å². The van der Waals surface area contributed by atoms with E-state index in [1.165, 1.54) is 26.2 Å². The zero-order valence-electron chi connectivity index (χ0n) is 10.5. The van der Waals surface area contributed by atoms with Crippen LogP contribution < -0.4 is 10.5 Å². The third-order valence-corrected chi connectivity index (χ3v) is 2.83. The molecule has 100 valence electrons. The fraction of sp³-hybridized carbons (Fsp3) is 0.231. The fourth-order valence-electron chi connectivity index (χ4n) is 1.67. The molecule has 0 amide bonds. The van der Waals surface area contributed by atoms with Crippen LogP contribution in [0.5, 0.6) is 5.88 Å². The minimum absolute atomic E-state index is 0.0440. The summed E-state index contributed by atoms with van der Waals surface area (Å²) in [4.78, 5) is 0. The lowest BCUT2D eigenvalue weighted by molar-refractivity contribution is 0.390. The topological polar surface area (TPSA) is 61.0 Å². The molecular formula is C13H13F2N3O. The minimum Gasteiger partial charge on any atom is -0.480 e. The molecule has 2 rings (SSSR count). The van der Waals surface area contributed by atoms with Crippen LogP contribution in [0.25, 0.3) is 0 Å². The Morgan fingerprint density at radius 3 is 2.42 bits per heavy atom. The number of halogens is 2. The molecule has 0 saturated heterocycles. The Balaban J connectivity index is 2.38. The molecule has 0 aliphatic carbocycles. The number of methoxy groups -OCH3 is 1. The van der Waals surface area contributed by atoms with E-state index in [2.05, 4.69) is 10.2 Å². The Hall–Kier alpha value is -2.08. The lowest BCUT2D eigenvalue weighted by Gasteiger charge is -2.13. The first-order valence-corrected chi connectivity index (χ1v) is 5.62. The quantitative estimate of drug-likeness (QED) is 0.923. The third kappa shape index (κ3) is 2.53. The Morgan fingerprint density at radius 2 is 1.84 bits per heavy atom. The first-order chi connectivity index (χ1) is 9.04. The van der Waals surface area contributed by atoms with Gasteiger partial charge in [-0.2, -0.15) is 0 Å². The number of hydrogen-bond donors (Lipinski definition) is 1. The average Bonchev–Trinajstić information content (AvgIpc) is 2.44. The van der Waals surface area contributed by atoms with Crippen LogP contribution in [0.1, 0.15) is 22.9 Å². The standard InChI is InChI=1S/C13H13F2N3O/c1-7-3-4-8(12(15)11(7)14)13(16)9-5-6-10(19-2)18-17-9/h3-6,13H,16H2,1-2H3. The van der Waals surface area contributed by atoms with Crippen molar-refractivity contribution in [3.05, 3.63) is 52.7 Å². The highest BCUT2D eigenvalue weighted by Crippen LogP contribution is 2.24. The van der Waals surface area contributed by atoms with Gasteiger partial charge in [0.15, 0.2) is 11.6 Å². The molecule has 4 nitrogen and oxygen atoms in total. The Kier molecular flexibility index (Phi) is 3.71. The maximum Gasteiger partial charge on any atom is 0.233 e. The van der Waals surface area contributed by atoms with Gasteiger partial charge < -0.3 is 10.5 Å². The molecular weight excluding hydrogens is 252 g/mol. The smallest absolute Gasteiger partial charge is 0.233 e. The van der Waals surface area contributed by atoms with Crippen molar-refractivity contribution >= 4 is 0 Å². The van der Waals surface area contributed by atoms with Crippen molar-refractivity contribution in [1.82, 2.24) is 10.2 Å². The van der Waals surface area contributed by atoms with Crippen LogP contribution in [-0.2, 0) is 0 Å². The van der Waals surface area contributed by atoms with Crippen LogP contribution in [0.2, 0.25) is 0 Å². The number of aryl methyl sites for hydroxylation is 1. The molecule has 2 aromatic rings. The van der Waals surface area contributed by atoms with E-state index < -0.39 is 17.7 Å². The van der Waals surface area contributed by atoms with Gasteiger partial charge in [0.1, 0.15) is 0 Å². The second kappa shape index (κ2) is 5.27. The number of rotatable bonds is 3. The summed E-state index contributed by atoms with van der Waals surface area (Å²) in [5.74, 6) is -1.52. The highest BCUT2D eigenvalue weighted by atomic mass is 19.2. The molecule has 0 aliphatic heterocycles. The van der Waals surface area contributed by atoms with Crippen molar-refractivity contribution in [2.45, 2.75) is 13.0 Å². The first-order valence-electron chi connectivity index (χ1n) is 5.62. The van der Waals surface area contributed by atoms with Gasteiger partial charge in [0, 0.05) is 11.6 Å². The number of hydrogen-bond acceptors (Lipinski definition) is 4. The number of nitrogens with two attached hydrogens (primary N) is 1. The maximum absolute atomic E-state index is 13.8. The normalized spacial score (nSPS) is 12.3. The first kappa shape index (κ1) is 13.4. The number of ether oxygens (including phenoxy) is 1. The molecule has 1 aromatic carbocycles. The molecule has 19 heavy (non-hydrogen) atoms. The van der Waals surface area contributed by atoms with Gasteiger partial charge in [-0.25, -0.2) is 8.78 Å². The van der Waals surface area contributed by atoms with Gasteiger partial charge in [-0.15, -0.1) is 10.2 Å². The van der Waals surface area contributed by atoms with E-state index in [-0.39, 0.29) is 11.1 Å². The van der Waals surface area contributed by atoms with Gasteiger partial charge >= 0.3 is 0 Å². The van der Waals surface area contributed by atoms with Crippen LogP contribution in [-0.4, -0.2) is 17.3 Å². The number of benzene rings is 1. The molecule has 0 fully saturated rings. The summed E-state index contributed by atoms with van der Waals surface area (Å²) in [7, 11) is 1.46. The maximum atomic E-state index is 13.8. The molecule has 0 saturated carbocycles. The van der Waals surface area contributed by atoms with Crippen molar-refractivity contribution < 1.29 is 13.5 Å². The van der Waals surface area contributed by atoms with Crippen molar-refractivity contribution in [1.29, 1.82) is 0 Å². The highest BCUT2D eigenvalue weighted by Gasteiger charge is 2.19. The highest BCUT2D eigenvalue weighted by molar-refractivity contribution is 5.32. The summed E-state index contributed by atoms with van der Waals surface area (Å²) >= 11 is 0. The van der Waals surface area contributed by atoms with Gasteiger partial charge in [0.25, 0.3) is 0 Å². The van der Waals surface area contributed by atoms with E-state index in [0.29, 0.717) is 11.6 Å². The van der Waals surface area contributed by atoms with Crippen molar-refractivity contribution in [2.24, 2.45) is 5.73 Å². The summed E-state index contributed by atoms with van der Waals surface area (Å²) < 4.78 is 32.2. The van der Waals surface area contributed by atoms with Crippen molar-refractivity contribution in [3.63, 3.8) is 0 Å². The van der Waals surface area contributed by atoms with E-state index >= 15 is 0 Å². The van der Waals surface area contributed by atoms with E-state index in [9.17, 15) is 8.78 Å². The third-order valence-electron chi connectivity index (χ3n) is 2.83. The van der Waals surface area contributed by atoms with Gasteiger partial charge in [0.05, 0.1) is 18.8 Å². The second-order valence-corrected chi connectivity index (χ2v) is 4.08. The van der Waals surface area contributed by atoms with Crippen LogP contribution in [0.4, 0.5) is 8.78 Å². The molecule has 0 aliphatic rings. The predicted molar refractivity (Wildman–Crippen MR) is 65.7 cm³/mol. The van der Waals surface area contributed by atoms with Crippen molar-refractivity contribution in [2.75, 3.05) is 7.11 Å². The molecule has 1 aromatic heterocycles. The zero-order chi connectivity index (χ0) is 14.0. The van der Waals surface area contributed by atoms with E-state index in [1.54, 1.807) is 12.1 Å². The van der Waals surface area contributed by atoms with Crippen LogP contribution in [0, 0.1) is 18.6 Å². The predicted octanol–water partition coefficient (Wildman–Crippen LogP) is 2.12. The number of nitrogens with zero attached hydrogens (tertiary/aromatic N) is 2. The average molecular weight is 265 g/mol. The molecule has 2 N–H and O–H groups in total. The van der Waals surface area contributed by atoms with E-state index in [1.807, 2.05) is 0 Å². The summed E-state index contributed by atoms with van der Waals surface area (Å²) in [5, 5.41) is 7.57. The van der Waals surface area contributed by atoms with E-state index in [0.717, 1.165) is 0 Å². The largest absolute Gasteiger partial charge is 0.480 e. The summed E-state index contributed by atoms with van der Waals surface area (Å²) in [6.45, 7) is 1.49. The lowest BCUT2D eigenvalue weighted by atomic mass is 10.0. The molecule has 1 atom stereocenters. The van der Waals surface area contributed by atoms with Gasteiger partial charge in [0.2, 0.25) is 5.88 Å². The summed E-state index contributed by atoms with van der Waals surface area (Å²) in [5.41, 5.74) is 6.49. The summed E-state index contributed by atoms with van der Waals surface area (Å²) in [6.07, 6.45) is 0. The summed E-state index contributed by atoms with van der Waals surface area (Å²) in [6, 6.07) is 5.17.